The Morgan fingerprint density at radius 2 is 1.22 bits per heavy atom. The van der Waals surface area contributed by atoms with Crippen LogP contribution in [-0.2, 0) is 13.0 Å². The number of nitrogens with zero attached hydrogens (tertiary/aromatic N) is 1. The van der Waals surface area contributed by atoms with Crippen LogP contribution < -0.4 is 37.6 Å². The molecule has 0 saturated carbocycles. The van der Waals surface area contributed by atoms with Crippen LogP contribution in [0.5, 0.6) is 0 Å². The van der Waals surface area contributed by atoms with Gasteiger partial charge in [-0.3, -0.25) is 4.90 Å². The second-order valence-electron chi connectivity index (χ2n) is 10.3. The molecule has 2 rings (SSSR count). The fourth-order valence-electron chi connectivity index (χ4n) is 4.64. The van der Waals surface area contributed by atoms with Crippen molar-refractivity contribution in [3.05, 3.63) is 35.4 Å². The van der Waals surface area contributed by atoms with Crippen LogP contribution in [0, 0.1) is 0 Å². The molecule has 1 saturated heterocycles. The third-order valence-electron chi connectivity index (χ3n) is 6.87. The SMILES string of the molecule is NCCNCCCNCCNCCCCCc1ccc(CN2CCCNCCNCCCNCC2)cc1. The van der Waals surface area contributed by atoms with Gasteiger partial charge in [-0.15, -0.1) is 0 Å². The lowest BCUT2D eigenvalue weighted by Crippen LogP contribution is -2.36. The molecule has 0 amide bonds. The predicted molar refractivity (Wildman–Crippen MR) is 159 cm³/mol. The van der Waals surface area contributed by atoms with E-state index in [0.717, 1.165) is 111 Å². The summed E-state index contributed by atoms with van der Waals surface area (Å²) < 4.78 is 0. The Morgan fingerprint density at radius 3 is 1.95 bits per heavy atom. The van der Waals surface area contributed by atoms with Gasteiger partial charge in [-0.1, -0.05) is 30.7 Å². The molecule has 1 heterocycles. The van der Waals surface area contributed by atoms with E-state index in [1.807, 2.05) is 0 Å². The van der Waals surface area contributed by atoms with E-state index in [4.69, 9.17) is 5.73 Å². The number of hydrogen-bond donors (Lipinski definition) is 7. The first-order valence-electron chi connectivity index (χ1n) is 15.1. The number of nitrogens with two attached hydrogens (primary N) is 1. The minimum absolute atomic E-state index is 0.720. The van der Waals surface area contributed by atoms with E-state index in [-0.39, 0.29) is 0 Å². The molecule has 1 aromatic rings. The van der Waals surface area contributed by atoms with Crippen molar-refractivity contribution in [1.29, 1.82) is 0 Å². The first kappa shape index (κ1) is 32.1. The van der Waals surface area contributed by atoms with Crippen molar-refractivity contribution in [2.45, 2.75) is 51.5 Å². The minimum Gasteiger partial charge on any atom is -0.329 e. The van der Waals surface area contributed by atoms with Crippen molar-refractivity contribution in [3.63, 3.8) is 0 Å². The van der Waals surface area contributed by atoms with Gasteiger partial charge in [0, 0.05) is 58.9 Å². The first-order valence-corrected chi connectivity index (χ1v) is 15.1. The summed E-state index contributed by atoms with van der Waals surface area (Å²) in [7, 11) is 0. The highest BCUT2D eigenvalue weighted by Gasteiger charge is 2.07. The van der Waals surface area contributed by atoms with E-state index >= 15 is 0 Å². The summed E-state index contributed by atoms with van der Waals surface area (Å²) in [5.74, 6) is 0. The van der Waals surface area contributed by atoms with Gasteiger partial charge < -0.3 is 37.6 Å². The molecule has 1 aliphatic heterocycles. The number of unbranched alkanes of at least 4 members (excludes halogenated alkanes) is 2. The molecule has 1 aromatic carbocycles. The van der Waals surface area contributed by atoms with Crippen LogP contribution in [0.15, 0.2) is 24.3 Å². The van der Waals surface area contributed by atoms with Gasteiger partial charge in [0.05, 0.1) is 0 Å². The molecule has 1 fully saturated rings. The lowest BCUT2D eigenvalue weighted by atomic mass is 10.0. The third-order valence-corrected chi connectivity index (χ3v) is 6.87. The van der Waals surface area contributed by atoms with Crippen LogP contribution in [0.25, 0.3) is 0 Å². The maximum atomic E-state index is 5.47. The fourth-order valence-corrected chi connectivity index (χ4v) is 4.64. The molecule has 8 N–H and O–H groups in total. The molecule has 37 heavy (non-hydrogen) atoms. The van der Waals surface area contributed by atoms with Crippen molar-refractivity contribution < 1.29 is 0 Å². The summed E-state index contributed by atoms with van der Waals surface area (Å²) in [5.41, 5.74) is 8.38. The second-order valence-corrected chi connectivity index (χ2v) is 10.3. The van der Waals surface area contributed by atoms with E-state index in [1.165, 1.54) is 49.7 Å². The van der Waals surface area contributed by atoms with Crippen LogP contribution in [0.3, 0.4) is 0 Å². The molecule has 0 aromatic heterocycles. The zero-order chi connectivity index (χ0) is 26.1. The van der Waals surface area contributed by atoms with Crippen LogP contribution >= 0.6 is 0 Å². The maximum absolute atomic E-state index is 5.47. The normalized spacial score (nSPS) is 17.0. The van der Waals surface area contributed by atoms with Gasteiger partial charge in [0.25, 0.3) is 0 Å². The Hall–Kier alpha value is -1.10. The minimum atomic E-state index is 0.720. The summed E-state index contributed by atoms with van der Waals surface area (Å²) >= 11 is 0. The van der Waals surface area contributed by atoms with Gasteiger partial charge in [0.1, 0.15) is 0 Å². The highest BCUT2D eigenvalue weighted by atomic mass is 15.1. The molecular weight excluding hydrogens is 460 g/mol. The third kappa shape index (κ3) is 18.7. The largest absolute Gasteiger partial charge is 0.329 e. The van der Waals surface area contributed by atoms with E-state index in [2.05, 4.69) is 61.1 Å². The van der Waals surface area contributed by atoms with Crippen molar-refractivity contribution in [3.8, 4) is 0 Å². The van der Waals surface area contributed by atoms with Gasteiger partial charge in [0.15, 0.2) is 0 Å². The molecule has 0 unspecified atom stereocenters. The Morgan fingerprint density at radius 1 is 0.595 bits per heavy atom. The number of hydrogen-bond acceptors (Lipinski definition) is 8. The molecule has 0 atom stereocenters. The molecule has 0 aliphatic carbocycles. The molecule has 214 valence electrons. The van der Waals surface area contributed by atoms with Crippen molar-refractivity contribution in [2.75, 3.05) is 98.2 Å². The summed E-state index contributed by atoms with van der Waals surface area (Å²) in [4.78, 5) is 2.61. The highest BCUT2D eigenvalue weighted by Crippen LogP contribution is 2.11. The van der Waals surface area contributed by atoms with Crippen molar-refractivity contribution in [1.82, 2.24) is 36.8 Å². The van der Waals surface area contributed by atoms with Crippen LogP contribution in [0.4, 0.5) is 0 Å². The lowest BCUT2D eigenvalue weighted by Gasteiger charge is -2.23. The number of benzene rings is 1. The highest BCUT2D eigenvalue weighted by molar-refractivity contribution is 5.22. The molecular formula is C29H58N8. The van der Waals surface area contributed by atoms with Gasteiger partial charge in [-0.05, 0) is 95.5 Å². The molecule has 0 radical (unpaired) electrons. The lowest BCUT2D eigenvalue weighted by molar-refractivity contribution is 0.260. The zero-order valence-electron chi connectivity index (χ0n) is 23.6. The van der Waals surface area contributed by atoms with Gasteiger partial charge in [0.2, 0.25) is 0 Å². The summed E-state index contributed by atoms with van der Waals surface area (Å²) in [6, 6.07) is 9.39. The molecule has 0 bridgehead atoms. The predicted octanol–water partition coefficient (Wildman–Crippen LogP) is 0.882. The Bertz CT molecular complexity index is 598. The smallest absolute Gasteiger partial charge is 0.0234 e. The molecule has 8 heteroatoms. The zero-order valence-corrected chi connectivity index (χ0v) is 23.6. The number of aryl methyl sites for hydroxylation is 1. The van der Waals surface area contributed by atoms with Crippen LogP contribution in [0.2, 0.25) is 0 Å². The Balaban J connectivity index is 1.51. The van der Waals surface area contributed by atoms with E-state index < -0.39 is 0 Å². The van der Waals surface area contributed by atoms with Crippen LogP contribution in [-0.4, -0.2) is 103 Å². The average molecular weight is 519 g/mol. The number of nitrogens with one attached hydrogen (secondary N) is 6. The molecule has 0 spiro atoms. The average Bonchev–Trinajstić information content (AvgIpc) is 2.92. The molecule has 1 aliphatic rings. The van der Waals surface area contributed by atoms with Gasteiger partial charge >= 0.3 is 0 Å². The maximum Gasteiger partial charge on any atom is 0.0234 e. The Labute approximate surface area is 227 Å². The molecule has 8 nitrogen and oxygen atoms in total. The van der Waals surface area contributed by atoms with Gasteiger partial charge in [-0.25, -0.2) is 0 Å². The van der Waals surface area contributed by atoms with Crippen LogP contribution in [0.1, 0.15) is 49.7 Å². The Kier molecular flexibility index (Phi) is 20.8. The first-order chi connectivity index (χ1) is 18.4. The van der Waals surface area contributed by atoms with Gasteiger partial charge in [-0.2, -0.15) is 0 Å². The van der Waals surface area contributed by atoms with Crippen molar-refractivity contribution in [2.24, 2.45) is 5.73 Å². The van der Waals surface area contributed by atoms with E-state index in [0.29, 0.717) is 0 Å². The quantitative estimate of drug-likeness (QED) is 0.153. The fraction of sp³-hybridized carbons (Fsp3) is 0.793. The summed E-state index contributed by atoms with van der Waals surface area (Å²) in [6.07, 6.45) is 8.58. The summed E-state index contributed by atoms with van der Waals surface area (Å²) in [6.45, 7) is 16.8. The summed E-state index contributed by atoms with van der Waals surface area (Å²) in [5, 5.41) is 21.1. The second kappa shape index (κ2) is 24.0. The monoisotopic (exact) mass is 518 g/mol. The number of rotatable bonds is 17. The van der Waals surface area contributed by atoms with E-state index in [1.54, 1.807) is 0 Å². The van der Waals surface area contributed by atoms with Crippen molar-refractivity contribution >= 4 is 0 Å². The van der Waals surface area contributed by atoms with E-state index in [9.17, 15) is 0 Å². The topological polar surface area (TPSA) is 101 Å². The standard InChI is InChI=1S/C29H58N8/c30-12-19-31-14-4-15-33-21-20-32-13-3-1-2-7-28-8-10-29(11-9-28)27-37-25-6-18-35-23-22-34-16-5-17-36-24-26-37/h8-11,31-36H,1-7,12-27,30H2.